The summed E-state index contributed by atoms with van der Waals surface area (Å²) in [6, 6.07) is 0.661. The number of nitrogens with one attached hydrogen (secondary N) is 1. The monoisotopic (exact) mass is 282 g/mol. The van der Waals surface area contributed by atoms with Gasteiger partial charge in [-0.25, -0.2) is 0 Å². The van der Waals surface area contributed by atoms with Crippen LogP contribution in [0.15, 0.2) is 0 Å². The van der Waals surface area contributed by atoms with E-state index in [1.165, 1.54) is 19.4 Å². The van der Waals surface area contributed by atoms with Crippen LogP contribution in [0.25, 0.3) is 0 Å². The van der Waals surface area contributed by atoms with Crippen molar-refractivity contribution < 1.29 is 4.74 Å². The molecule has 1 heterocycles. The Hall–Kier alpha value is -0.120. The molecule has 20 heavy (non-hydrogen) atoms. The van der Waals surface area contributed by atoms with Crippen LogP contribution in [0.2, 0.25) is 0 Å². The predicted octanol–water partition coefficient (Wildman–Crippen LogP) is 2.90. The Bertz CT molecular complexity index is 327. The normalized spacial score (nSPS) is 37.2. The maximum absolute atomic E-state index is 6.03. The summed E-state index contributed by atoms with van der Waals surface area (Å²) in [7, 11) is 0. The van der Waals surface area contributed by atoms with Gasteiger partial charge in [-0.3, -0.25) is 4.90 Å². The Labute approximate surface area is 125 Å². The van der Waals surface area contributed by atoms with Gasteiger partial charge in [0.2, 0.25) is 0 Å². The molecular weight excluding hydrogens is 248 g/mol. The van der Waals surface area contributed by atoms with E-state index >= 15 is 0 Å². The van der Waals surface area contributed by atoms with Gasteiger partial charge >= 0.3 is 0 Å². The Morgan fingerprint density at radius 3 is 2.55 bits per heavy atom. The molecular formula is C17H34N2O. The quantitative estimate of drug-likeness (QED) is 0.858. The molecule has 3 heteroatoms. The van der Waals surface area contributed by atoms with Crippen LogP contribution in [0, 0.1) is 11.3 Å². The molecule has 0 radical (unpaired) electrons. The van der Waals surface area contributed by atoms with Crippen molar-refractivity contribution in [1.29, 1.82) is 0 Å². The van der Waals surface area contributed by atoms with Crippen LogP contribution < -0.4 is 5.32 Å². The fourth-order valence-electron chi connectivity index (χ4n) is 4.43. The number of hydrogen-bond acceptors (Lipinski definition) is 3. The maximum Gasteiger partial charge on any atom is 0.0757 e. The minimum atomic E-state index is -0.000525. The average molecular weight is 282 g/mol. The van der Waals surface area contributed by atoms with Gasteiger partial charge in [-0.2, -0.15) is 0 Å². The molecule has 1 aliphatic carbocycles. The second-order valence-electron chi connectivity index (χ2n) is 8.20. The number of hydrogen-bond donors (Lipinski definition) is 1. The number of morpholine rings is 1. The van der Waals surface area contributed by atoms with Crippen LogP contribution in [-0.4, -0.2) is 48.8 Å². The Balaban J connectivity index is 1.98. The molecule has 3 atom stereocenters. The van der Waals surface area contributed by atoms with Gasteiger partial charge in [-0.15, -0.1) is 0 Å². The minimum absolute atomic E-state index is 0.000525. The van der Waals surface area contributed by atoms with Crippen LogP contribution in [0.3, 0.4) is 0 Å². The molecule has 1 saturated carbocycles. The third-order valence-corrected chi connectivity index (χ3v) is 5.03. The molecule has 0 bridgehead atoms. The molecule has 2 fully saturated rings. The van der Waals surface area contributed by atoms with Gasteiger partial charge in [-0.05, 0) is 51.5 Å². The summed E-state index contributed by atoms with van der Waals surface area (Å²) in [6.07, 6.45) is 3.06. The molecule has 1 aliphatic heterocycles. The van der Waals surface area contributed by atoms with Crippen molar-refractivity contribution >= 4 is 0 Å². The lowest BCUT2D eigenvalue weighted by molar-refractivity contribution is -0.131. The Morgan fingerprint density at radius 2 is 1.95 bits per heavy atom. The van der Waals surface area contributed by atoms with E-state index in [9.17, 15) is 0 Å². The molecule has 0 spiro atoms. The number of rotatable bonds is 4. The molecule has 118 valence electrons. The van der Waals surface area contributed by atoms with E-state index in [2.05, 4.69) is 51.8 Å². The fourth-order valence-corrected chi connectivity index (χ4v) is 4.43. The molecule has 0 aromatic carbocycles. The molecule has 2 rings (SSSR count). The first-order valence-electron chi connectivity index (χ1n) is 8.37. The van der Waals surface area contributed by atoms with Crippen LogP contribution in [0.4, 0.5) is 0 Å². The van der Waals surface area contributed by atoms with Gasteiger partial charge in [0.05, 0.1) is 11.7 Å². The highest BCUT2D eigenvalue weighted by Gasteiger charge is 2.43. The predicted molar refractivity (Wildman–Crippen MR) is 85.0 cm³/mol. The molecule has 3 unspecified atom stereocenters. The average Bonchev–Trinajstić information content (AvgIpc) is 2.54. The standard InChI is InChI=1S/C17H34N2O/c1-7-18-15-14(8-9-16(15,3)4)11-19-10-13(2)20-17(5,6)12-19/h13-15,18H,7-12H2,1-6H3. The lowest BCUT2D eigenvalue weighted by Gasteiger charge is -2.43. The van der Waals surface area contributed by atoms with Gasteiger partial charge in [0.25, 0.3) is 0 Å². The molecule has 0 aromatic rings. The van der Waals surface area contributed by atoms with E-state index in [1.807, 2.05) is 0 Å². The second kappa shape index (κ2) is 5.94. The van der Waals surface area contributed by atoms with Crippen molar-refractivity contribution in [3.8, 4) is 0 Å². The summed E-state index contributed by atoms with van der Waals surface area (Å²) in [4.78, 5) is 2.63. The van der Waals surface area contributed by atoms with E-state index in [0.29, 0.717) is 17.6 Å². The summed E-state index contributed by atoms with van der Waals surface area (Å²) < 4.78 is 6.03. The SMILES string of the molecule is CCNC1C(CN2CC(C)OC(C)(C)C2)CCC1(C)C. The zero-order valence-electron chi connectivity index (χ0n) is 14.3. The third kappa shape index (κ3) is 3.75. The molecule has 1 N–H and O–H groups in total. The maximum atomic E-state index is 6.03. The van der Waals surface area contributed by atoms with Crippen molar-refractivity contribution in [2.75, 3.05) is 26.2 Å². The molecule has 3 nitrogen and oxygen atoms in total. The molecule has 2 aliphatic rings. The van der Waals surface area contributed by atoms with E-state index < -0.39 is 0 Å². The number of nitrogens with zero attached hydrogens (tertiary/aromatic N) is 1. The highest BCUT2D eigenvalue weighted by Crippen LogP contribution is 2.42. The topological polar surface area (TPSA) is 24.5 Å². The zero-order valence-corrected chi connectivity index (χ0v) is 14.3. The van der Waals surface area contributed by atoms with E-state index in [-0.39, 0.29) is 5.60 Å². The fraction of sp³-hybridized carbons (Fsp3) is 1.00. The van der Waals surface area contributed by atoms with Crippen LogP contribution in [-0.2, 0) is 4.74 Å². The Morgan fingerprint density at radius 1 is 1.25 bits per heavy atom. The largest absolute Gasteiger partial charge is 0.370 e. The summed E-state index contributed by atoms with van der Waals surface area (Å²) in [5.41, 5.74) is 0.438. The first kappa shape index (κ1) is 16.3. The summed E-state index contributed by atoms with van der Waals surface area (Å²) in [5.74, 6) is 0.783. The third-order valence-electron chi connectivity index (χ3n) is 5.03. The van der Waals surface area contributed by atoms with Crippen molar-refractivity contribution in [3.05, 3.63) is 0 Å². The molecule has 0 aromatic heterocycles. The first-order chi connectivity index (χ1) is 9.23. The van der Waals surface area contributed by atoms with Gasteiger partial charge in [0.1, 0.15) is 0 Å². The van der Waals surface area contributed by atoms with Crippen LogP contribution in [0.1, 0.15) is 54.4 Å². The van der Waals surface area contributed by atoms with Crippen molar-refractivity contribution in [2.45, 2.75) is 72.1 Å². The van der Waals surface area contributed by atoms with E-state index in [4.69, 9.17) is 4.74 Å². The van der Waals surface area contributed by atoms with Crippen molar-refractivity contribution in [3.63, 3.8) is 0 Å². The van der Waals surface area contributed by atoms with E-state index in [1.54, 1.807) is 0 Å². The molecule has 0 amide bonds. The van der Waals surface area contributed by atoms with Gasteiger partial charge < -0.3 is 10.1 Å². The summed E-state index contributed by atoms with van der Waals surface area (Å²) in [6.45, 7) is 18.2. The van der Waals surface area contributed by atoms with Gasteiger partial charge in [0, 0.05) is 25.7 Å². The summed E-state index contributed by atoms with van der Waals surface area (Å²) in [5, 5.41) is 3.75. The summed E-state index contributed by atoms with van der Waals surface area (Å²) >= 11 is 0. The number of ether oxygens (including phenoxy) is 1. The molecule has 1 saturated heterocycles. The second-order valence-corrected chi connectivity index (χ2v) is 8.20. The van der Waals surface area contributed by atoms with Crippen molar-refractivity contribution in [1.82, 2.24) is 10.2 Å². The van der Waals surface area contributed by atoms with E-state index in [0.717, 1.165) is 25.6 Å². The smallest absolute Gasteiger partial charge is 0.0757 e. The van der Waals surface area contributed by atoms with Crippen LogP contribution in [0.5, 0.6) is 0 Å². The lowest BCUT2D eigenvalue weighted by atomic mass is 9.84. The zero-order chi connectivity index (χ0) is 15.0. The van der Waals surface area contributed by atoms with Crippen LogP contribution >= 0.6 is 0 Å². The Kier molecular flexibility index (Phi) is 4.83. The van der Waals surface area contributed by atoms with Crippen molar-refractivity contribution in [2.24, 2.45) is 11.3 Å². The highest BCUT2D eigenvalue weighted by molar-refractivity contribution is 4.98. The highest BCUT2D eigenvalue weighted by atomic mass is 16.5. The minimum Gasteiger partial charge on any atom is -0.370 e. The van der Waals surface area contributed by atoms with Gasteiger partial charge in [-0.1, -0.05) is 20.8 Å². The first-order valence-corrected chi connectivity index (χ1v) is 8.37. The van der Waals surface area contributed by atoms with Gasteiger partial charge in [0.15, 0.2) is 0 Å². The lowest BCUT2D eigenvalue weighted by Crippen LogP contribution is -2.54.